The van der Waals surface area contributed by atoms with Gasteiger partial charge in [-0.05, 0) is 13.8 Å². The van der Waals surface area contributed by atoms with Gasteiger partial charge in [-0.15, -0.1) is 5.17 Å². The van der Waals surface area contributed by atoms with Crippen molar-refractivity contribution >= 4 is 0 Å². The van der Waals surface area contributed by atoms with Crippen LogP contribution in [0.5, 0.6) is 0 Å². The van der Waals surface area contributed by atoms with Crippen molar-refractivity contribution in [3.63, 3.8) is 0 Å². The highest BCUT2D eigenvalue weighted by molar-refractivity contribution is 4.37. The van der Waals surface area contributed by atoms with Crippen LogP contribution in [-0.2, 0) is 0 Å². The molecule has 0 aromatic rings. The quantitative estimate of drug-likeness (QED) is 0.351. The fourth-order valence-electron chi connectivity index (χ4n) is 0. The maximum atomic E-state index is 8.24. The SMILES string of the molecule is CC(C)N(N)O. The Hall–Kier alpha value is -0.120. The number of rotatable bonds is 1. The second kappa shape index (κ2) is 2.12. The van der Waals surface area contributed by atoms with Crippen LogP contribution in [0.15, 0.2) is 0 Å². The molecule has 0 aliphatic rings. The van der Waals surface area contributed by atoms with Gasteiger partial charge in [0.1, 0.15) is 0 Å². The van der Waals surface area contributed by atoms with E-state index < -0.39 is 0 Å². The first-order valence-electron chi connectivity index (χ1n) is 1.87. The molecule has 0 atom stereocenters. The first-order chi connectivity index (χ1) is 2.64. The standard InChI is InChI=1S/C3H10N2O/c1-3(2)5(4)6/h3,6H,4H2,1-2H3. The van der Waals surface area contributed by atoms with Gasteiger partial charge in [-0.25, -0.2) is 5.84 Å². The molecule has 0 heterocycles. The van der Waals surface area contributed by atoms with Gasteiger partial charge in [0.15, 0.2) is 0 Å². The van der Waals surface area contributed by atoms with Gasteiger partial charge >= 0.3 is 0 Å². The summed E-state index contributed by atoms with van der Waals surface area (Å²) in [5.41, 5.74) is 0. The maximum Gasteiger partial charge on any atom is 0.0451 e. The molecule has 0 saturated heterocycles. The number of hydrazine groups is 1. The molecule has 3 heteroatoms. The lowest BCUT2D eigenvalue weighted by Gasteiger charge is -2.09. The highest BCUT2D eigenvalue weighted by atomic mass is 16.5. The van der Waals surface area contributed by atoms with Crippen LogP contribution in [-0.4, -0.2) is 16.4 Å². The average molecular weight is 90.1 g/mol. The second-order valence-corrected chi connectivity index (χ2v) is 1.47. The second-order valence-electron chi connectivity index (χ2n) is 1.47. The lowest BCUT2D eigenvalue weighted by molar-refractivity contribution is -0.119. The fraction of sp³-hybridized carbons (Fsp3) is 1.00. The van der Waals surface area contributed by atoms with Crippen LogP contribution >= 0.6 is 0 Å². The Balaban J connectivity index is 2.99. The van der Waals surface area contributed by atoms with Gasteiger partial charge in [0.25, 0.3) is 0 Å². The molecule has 0 amide bonds. The van der Waals surface area contributed by atoms with E-state index in [2.05, 4.69) is 0 Å². The van der Waals surface area contributed by atoms with Crippen molar-refractivity contribution in [2.45, 2.75) is 19.9 Å². The molecule has 0 fully saturated rings. The number of nitrogens with zero attached hydrogens (tertiary/aromatic N) is 1. The minimum Gasteiger partial charge on any atom is -0.299 e. The predicted octanol–water partition coefficient (Wildman–Crippen LogP) is -0.0403. The van der Waals surface area contributed by atoms with E-state index >= 15 is 0 Å². The summed E-state index contributed by atoms with van der Waals surface area (Å²) in [5, 5.41) is 8.91. The number of hydrogen-bond acceptors (Lipinski definition) is 3. The Bertz CT molecular complexity index is 29.8. The number of hydrogen-bond donors (Lipinski definition) is 2. The van der Waals surface area contributed by atoms with Gasteiger partial charge in [-0.2, -0.15) is 0 Å². The van der Waals surface area contributed by atoms with Crippen molar-refractivity contribution in [2.75, 3.05) is 0 Å². The molecule has 3 N–H and O–H groups in total. The smallest absolute Gasteiger partial charge is 0.0451 e. The van der Waals surface area contributed by atoms with Gasteiger partial charge in [-0.3, -0.25) is 5.21 Å². The molecule has 0 aliphatic heterocycles. The lowest BCUT2D eigenvalue weighted by atomic mass is 10.4. The Morgan fingerprint density at radius 2 is 1.83 bits per heavy atom. The van der Waals surface area contributed by atoms with E-state index in [1.165, 1.54) is 0 Å². The molecule has 0 aliphatic carbocycles. The van der Waals surface area contributed by atoms with Crippen molar-refractivity contribution in [1.29, 1.82) is 0 Å². The summed E-state index contributed by atoms with van der Waals surface area (Å²) in [6.45, 7) is 3.58. The van der Waals surface area contributed by atoms with Crippen molar-refractivity contribution in [1.82, 2.24) is 5.17 Å². The molecule has 0 unspecified atom stereocenters. The summed E-state index contributed by atoms with van der Waals surface area (Å²) >= 11 is 0. The number of nitrogens with two attached hydrogens (primary N) is 1. The molecule has 0 radical (unpaired) electrons. The van der Waals surface area contributed by atoms with E-state index in [4.69, 9.17) is 11.0 Å². The molecule has 0 bridgehead atoms. The minimum absolute atomic E-state index is 0.0185. The van der Waals surface area contributed by atoms with Crippen LogP contribution in [0.4, 0.5) is 0 Å². The molecule has 0 aromatic carbocycles. The van der Waals surface area contributed by atoms with Crippen LogP contribution in [0.25, 0.3) is 0 Å². The van der Waals surface area contributed by atoms with E-state index in [1.807, 2.05) is 0 Å². The zero-order chi connectivity index (χ0) is 5.15. The predicted molar refractivity (Wildman–Crippen MR) is 22.9 cm³/mol. The fourth-order valence-corrected chi connectivity index (χ4v) is 0. The third-order valence-electron chi connectivity index (χ3n) is 0.529. The van der Waals surface area contributed by atoms with Gasteiger partial charge in [0.2, 0.25) is 0 Å². The minimum atomic E-state index is 0.0185. The first-order valence-corrected chi connectivity index (χ1v) is 1.87. The Morgan fingerprint density at radius 3 is 1.83 bits per heavy atom. The molecule has 38 valence electrons. The van der Waals surface area contributed by atoms with Crippen molar-refractivity contribution < 1.29 is 5.21 Å². The summed E-state index contributed by atoms with van der Waals surface area (Å²) in [6, 6.07) is 0.0185. The monoisotopic (exact) mass is 90.1 g/mol. The van der Waals surface area contributed by atoms with E-state index in [0.717, 1.165) is 0 Å². The third kappa shape index (κ3) is 2.14. The van der Waals surface area contributed by atoms with E-state index in [-0.39, 0.29) is 6.04 Å². The first kappa shape index (κ1) is 5.88. The van der Waals surface area contributed by atoms with Gasteiger partial charge in [0, 0.05) is 6.04 Å². The molecular weight excluding hydrogens is 80.0 g/mol. The molecule has 0 spiro atoms. The van der Waals surface area contributed by atoms with Crippen LogP contribution in [0.2, 0.25) is 0 Å². The normalized spacial score (nSPS) is 11.0. The molecule has 0 rings (SSSR count). The van der Waals surface area contributed by atoms with E-state index in [1.54, 1.807) is 13.8 Å². The van der Waals surface area contributed by atoms with Gasteiger partial charge in [0.05, 0.1) is 0 Å². The summed E-state index contributed by atoms with van der Waals surface area (Å²) in [5.74, 6) is 4.82. The molecule has 0 saturated carbocycles. The van der Waals surface area contributed by atoms with Crippen molar-refractivity contribution in [2.24, 2.45) is 5.84 Å². The van der Waals surface area contributed by atoms with Crippen LogP contribution < -0.4 is 5.84 Å². The lowest BCUT2D eigenvalue weighted by Crippen LogP contribution is -2.33. The Labute approximate surface area is 37.3 Å². The summed E-state index contributed by atoms with van der Waals surface area (Å²) < 4.78 is 0. The summed E-state index contributed by atoms with van der Waals surface area (Å²) in [4.78, 5) is 0. The summed E-state index contributed by atoms with van der Waals surface area (Å²) in [7, 11) is 0. The maximum absolute atomic E-state index is 8.24. The van der Waals surface area contributed by atoms with E-state index in [0.29, 0.717) is 5.17 Å². The largest absolute Gasteiger partial charge is 0.299 e. The van der Waals surface area contributed by atoms with Crippen molar-refractivity contribution in [3.05, 3.63) is 0 Å². The molecule has 6 heavy (non-hydrogen) atoms. The third-order valence-corrected chi connectivity index (χ3v) is 0.529. The van der Waals surface area contributed by atoms with Gasteiger partial charge < -0.3 is 0 Å². The summed E-state index contributed by atoms with van der Waals surface area (Å²) in [6.07, 6.45) is 0. The van der Waals surface area contributed by atoms with Crippen LogP contribution in [0.1, 0.15) is 13.8 Å². The Kier molecular flexibility index (Phi) is 2.08. The highest BCUT2D eigenvalue weighted by Gasteiger charge is 1.93. The topological polar surface area (TPSA) is 49.5 Å². The zero-order valence-corrected chi connectivity index (χ0v) is 4.05. The highest BCUT2D eigenvalue weighted by Crippen LogP contribution is 1.79. The average Bonchev–Trinajstić information content (AvgIpc) is 1.36. The van der Waals surface area contributed by atoms with E-state index in [9.17, 15) is 0 Å². The zero-order valence-electron chi connectivity index (χ0n) is 4.05. The molecule has 3 nitrogen and oxygen atoms in total. The Morgan fingerprint density at radius 1 is 1.67 bits per heavy atom. The van der Waals surface area contributed by atoms with Crippen LogP contribution in [0, 0.1) is 0 Å². The van der Waals surface area contributed by atoms with Gasteiger partial charge in [-0.1, -0.05) is 0 Å². The van der Waals surface area contributed by atoms with Crippen molar-refractivity contribution in [3.8, 4) is 0 Å². The number of hydroxylamine groups is 1. The van der Waals surface area contributed by atoms with Crippen LogP contribution in [0.3, 0.4) is 0 Å². The molecular formula is C3H10N2O. The molecule has 0 aromatic heterocycles.